The van der Waals surface area contributed by atoms with E-state index in [9.17, 15) is 29.1 Å². The number of carbonyl (C=O) groups excluding carboxylic acids is 4. The zero-order chi connectivity index (χ0) is 22.0. The minimum Gasteiger partial charge on any atom is -0.480 e. The molecule has 12 heteroatoms. The Morgan fingerprint density at radius 1 is 0.964 bits per heavy atom. The molecule has 0 aromatic heterocycles. The molecule has 8 N–H and O–H groups in total. The second-order valence-corrected chi connectivity index (χ2v) is 7.02. The molecule has 0 aromatic carbocycles. The zero-order valence-electron chi connectivity index (χ0n) is 16.1. The fourth-order valence-corrected chi connectivity index (χ4v) is 2.25. The fourth-order valence-electron chi connectivity index (χ4n) is 2.09. The number of hydrogen-bond donors (Lipinski definition) is 7. The summed E-state index contributed by atoms with van der Waals surface area (Å²) in [6.07, 6.45) is -0.395. The van der Waals surface area contributed by atoms with Gasteiger partial charge in [0.1, 0.15) is 18.1 Å². The third-order valence-corrected chi connectivity index (χ3v) is 4.22. The summed E-state index contributed by atoms with van der Waals surface area (Å²) in [6.45, 7) is 4.73. The van der Waals surface area contributed by atoms with E-state index in [2.05, 4.69) is 28.6 Å². The van der Waals surface area contributed by atoms with E-state index in [0.717, 1.165) is 0 Å². The lowest BCUT2D eigenvalue weighted by Gasteiger charge is -2.25. The smallest absolute Gasteiger partial charge is 0.326 e. The standard InChI is InChI=1S/C16H29N5O6S/c1-7(2)12(15(25)20-10(16(26)27)4-5-11(18)22)21-13(23)8(3)19-14(24)9(17)6-28/h7-10,12,28H,4-6,17H2,1-3H3,(H2,18,22)(H,19,24)(H,20,25)(H,21,23)(H,26,27). The third-order valence-electron chi connectivity index (χ3n) is 3.83. The van der Waals surface area contributed by atoms with Crippen molar-refractivity contribution in [2.45, 2.75) is 57.8 Å². The topological polar surface area (TPSA) is 194 Å². The molecular weight excluding hydrogens is 390 g/mol. The molecule has 0 radical (unpaired) electrons. The van der Waals surface area contributed by atoms with Crippen LogP contribution in [0.1, 0.15) is 33.6 Å². The number of aliphatic carboxylic acids is 1. The number of nitrogens with one attached hydrogen (secondary N) is 3. The van der Waals surface area contributed by atoms with Crippen LogP contribution in [0.25, 0.3) is 0 Å². The van der Waals surface area contributed by atoms with Crippen LogP contribution < -0.4 is 27.4 Å². The SMILES string of the molecule is CC(NC(=O)C(N)CS)C(=O)NC(C(=O)NC(CCC(N)=O)C(=O)O)C(C)C. The first-order chi connectivity index (χ1) is 12.9. The first-order valence-electron chi connectivity index (χ1n) is 8.69. The molecule has 0 spiro atoms. The van der Waals surface area contributed by atoms with E-state index in [1.165, 1.54) is 6.92 Å². The summed E-state index contributed by atoms with van der Waals surface area (Å²) >= 11 is 3.90. The summed E-state index contributed by atoms with van der Waals surface area (Å²) in [6, 6.07) is -4.24. The summed E-state index contributed by atoms with van der Waals surface area (Å²) in [5.41, 5.74) is 10.5. The van der Waals surface area contributed by atoms with E-state index >= 15 is 0 Å². The van der Waals surface area contributed by atoms with Crippen molar-refractivity contribution in [1.29, 1.82) is 0 Å². The van der Waals surface area contributed by atoms with E-state index < -0.39 is 53.8 Å². The average Bonchev–Trinajstić information content (AvgIpc) is 2.60. The van der Waals surface area contributed by atoms with Crippen LogP contribution in [0.3, 0.4) is 0 Å². The van der Waals surface area contributed by atoms with Gasteiger partial charge in [-0.1, -0.05) is 13.8 Å². The van der Waals surface area contributed by atoms with Crippen LogP contribution in [0, 0.1) is 5.92 Å². The maximum atomic E-state index is 12.5. The lowest BCUT2D eigenvalue weighted by molar-refractivity contribution is -0.143. The number of nitrogens with two attached hydrogens (primary N) is 2. The fraction of sp³-hybridized carbons (Fsp3) is 0.688. The molecule has 0 aliphatic heterocycles. The van der Waals surface area contributed by atoms with Gasteiger partial charge in [-0.3, -0.25) is 19.2 Å². The van der Waals surface area contributed by atoms with Crippen LogP contribution >= 0.6 is 12.6 Å². The number of amides is 4. The number of carboxylic acids is 1. The van der Waals surface area contributed by atoms with Crippen molar-refractivity contribution < 1.29 is 29.1 Å². The van der Waals surface area contributed by atoms with Crippen molar-refractivity contribution in [3.05, 3.63) is 0 Å². The van der Waals surface area contributed by atoms with Gasteiger partial charge in [-0.05, 0) is 19.3 Å². The molecule has 4 unspecified atom stereocenters. The number of primary amides is 1. The molecule has 11 nitrogen and oxygen atoms in total. The van der Waals surface area contributed by atoms with Gasteiger partial charge in [0.25, 0.3) is 0 Å². The molecule has 0 aliphatic rings. The molecule has 28 heavy (non-hydrogen) atoms. The van der Waals surface area contributed by atoms with E-state index in [4.69, 9.17) is 11.5 Å². The quantitative estimate of drug-likeness (QED) is 0.173. The van der Waals surface area contributed by atoms with Crippen molar-refractivity contribution >= 4 is 42.2 Å². The lowest BCUT2D eigenvalue weighted by Crippen LogP contribution is -2.58. The van der Waals surface area contributed by atoms with Crippen LogP contribution in [-0.2, 0) is 24.0 Å². The van der Waals surface area contributed by atoms with Gasteiger partial charge < -0.3 is 32.5 Å². The summed E-state index contributed by atoms with van der Waals surface area (Å²) in [4.78, 5) is 58.6. The summed E-state index contributed by atoms with van der Waals surface area (Å²) < 4.78 is 0. The Morgan fingerprint density at radius 3 is 1.96 bits per heavy atom. The number of thiol groups is 1. The van der Waals surface area contributed by atoms with Crippen LogP contribution in [0.5, 0.6) is 0 Å². The van der Waals surface area contributed by atoms with E-state index in [1.54, 1.807) is 13.8 Å². The highest BCUT2D eigenvalue weighted by Crippen LogP contribution is 2.05. The first kappa shape index (κ1) is 25.7. The van der Waals surface area contributed by atoms with Gasteiger partial charge in [0, 0.05) is 12.2 Å². The van der Waals surface area contributed by atoms with Gasteiger partial charge >= 0.3 is 5.97 Å². The van der Waals surface area contributed by atoms with Gasteiger partial charge in [-0.25, -0.2) is 4.79 Å². The van der Waals surface area contributed by atoms with E-state index in [-0.39, 0.29) is 24.5 Å². The van der Waals surface area contributed by atoms with Crippen LogP contribution in [0.4, 0.5) is 0 Å². The highest BCUT2D eigenvalue weighted by molar-refractivity contribution is 7.80. The number of carboxylic acid groups (broad SMARTS) is 1. The zero-order valence-corrected chi connectivity index (χ0v) is 17.0. The predicted octanol–water partition coefficient (Wildman–Crippen LogP) is -2.28. The second kappa shape index (κ2) is 12.2. The van der Waals surface area contributed by atoms with Crippen molar-refractivity contribution in [2.24, 2.45) is 17.4 Å². The average molecular weight is 420 g/mol. The van der Waals surface area contributed by atoms with Crippen LogP contribution in [0.2, 0.25) is 0 Å². The first-order valence-corrected chi connectivity index (χ1v) is 9.32. The van der Waals surface area contributed by atoms with Gasteiger partial charge in [0.05, 0.1) is 6.04 Å². The predicted molar refractivity (Wildman–Crippen MR) is 104 cm³/mol. The summed E-state index contributed by atoms with van der Waals surface area (Å²) in [5.74, 6) is -4.25. The molecule has 0 saturated heterocycles. The molecule has 0 aliphatic carbocycles. The normalized spacial score (nSPS) is 15.1. The van der Waals surface area contributed by atoms with Crippen molar-refractivity contribution in [2.75, 3.05) is 5.75 Å². The molecule has 4 amide bonds. The number of rotatable bonds is 12. The minimum atomic E-state index is -1.33. The van der Waals surface area contributed by atoms with Gasteiger partial charge in [0.15, 0.2) is 0 Å². The Labute approximate surface area is 168 Å². The number of hydrogen-bond acceptors (Lipinski definition) is 7. The van der Waals surface area contributed by atoms with Crippen LogP contribution in [-0.4, -0.2) is 64.6 Å². The summed E-state index contributed by atoms with van der Waals surface area (Å²) in [7, 11) is 0. The minimum absolute atomic E-state index is 0.0963. The Balaban J connectivity index is 5.02. The summed E-state index contributed by atoms with van der Waals surface area (Å²) in [5, 5.41) is 16.3. The van der Waals surface area contributed by atoms with Crippen molar-refractivity contribution in [1.82, 2.24) is 16.0 Å². The Kier molecular flexibility index (Phi) is 11.2. The molecule has 4 atom stereocenters. The van der Waals surface area contributed by atoms with Crippen molar-refractivity contribution in [3.8, 4) is 0 Å². The molecule has 0 heterocycles. The van der Waals surface area contributed by atoms with Gasteiger partial charge in [0.2, 0.25) is 23.6 Å². The van der Waals surface area contributed by atoms with Gasteiger partial charge in [-0.15, -0.1) is 0 Å². The van der Waals surface area contributed by atoms with E-state index in [1.807, 2.05) is 0 Å². The largest absolute Gasteiger partial charge is 0.480 e. The maximum Gasteiger partial charge on any atom is 0.326 e. The molecule has 0 rings (SSSR count). The van der Waals surface area contributed by atoms with Crippen molar-refractivity contribution in [3.63, 3.8) is 0 Å². The maximum absolute atomic E-state index is 12.5. The molecular formula is C16H29N5O6S. The molecule has 0 saturated carbocycles. The highest BCUT2D eigenvalue weighted by atomic mass is 32.1. The molecule has 0 bridgehead atoms. The van der Waals surface area contributed by atoms with E-state index in [0.29, 0.717) is 0 Å². The lowest BCUT2D eigenvalue weighted by atomic mass is 10.0. The second-order valence-electron chi connectivity index (χ2n) is 6.65. The molecule has 0 fully saturated rings. The highest BCUT2D eigenvalue weighted by Gasteiger charge is 2.30. The Bertz CT molecular complexity index is 600. The Hall–Kier alpha value is -2.34. The van der Waals surface area contributed by atoms with Gasteiger partial charge in [-0.2, -0.15) is 12.6 Å². The molecule has 160 valence electrons. The third kappa shape index (κ3) is 9.04. The monoisotopic (exact) mass is 419 g/mol. The number of carbonyl (C=O) groups is 5. The van der Waals surface area contributed by atoms with Crippen LogP contribution in [0.15, 0.2) is 0 Å². The molecule has 0 aromatic rings. The Morgan fingerprint density at radius 2 is 1.54 bits per heavy atom.